The molecule has 6 heteroatoms. The summed E-state index contributed by atoms with van der Waals surface area (Å²) in [5, 5.41) is 19.2. The monoisotopic (exact) mass is 469 g/mol. The van der Waals surface area contributed by atoms with Crippen molar-refractivity contribution in [3.05, 3.63) is 99.9 Å². The number of anilines is 1. The maximum Gasteiger partial charge on any atom is 0.295 e. The summed E-state index contributed by atoms with van der Waals surface area (Å²) in [6.45, 7) is 10.3. The summed E-state index contributed by atoms with van der Waals surface area (Å²) in [5.41, 5.74) is 4.16. The predicted octanol–water partition coefficient (Wildman–Crippen LogP) is 5.89. The topological polar surface area (TPSA) is 83.4 Å². The van der Waals surface area contributed by atoms with Gasteiger partial charge in [-0.1, -0.05) is 76.2 Å². The van der Waals surface area contributed by atoms with E-state index in [0.29, 0.717) is 23.1 Å². The fourth-order valence-electron chi connectivity index (χ4n) is 4.39. The van der Waals surface area contributed by atoms with Crippen LogP contribution in [0.25, 0.3) is 0 Å². The van der Waals surface area contributed by atoms with Gasteiger partial charge in [-0.2, -0.15) is 5.10 Å². The van der Waals surface area contributed by atoms with Gasteiger partial charge in [-0.05, 0) is 54.0 Å². The number of carbonyl (C=O) groups is 2. The fraction of sp³-hybridized carbons (Fsp3) is 0.310. The molecule has 3 aromatic rings. The van der Waals surface area contributed by atoms with Crippen LogP contribution in [-0.4, -0.2) is 27.0 Å². The first-order valence-electron chi connectivity index (χ1n) is 12.0. The van der Waals surface area contributed by atoms with E-state index in [-0.39, 0.29) is 17.2 Å². The first kappa shape index (κ1) is 24.3. The van der Waals surface area contributed by atoms with Crippen molar-refractivity contribution in [2.24, 2.45) is 5.92 Å². The molecule has 180 valence electrons. The van der Waals surface area contributed by atoms with E-state index in [4.69, 9.17) is 0 Å². The predicted molar refractivity (Wildman–Crippen MR) is 136 cm³/mol. The molecule has 1 unspecified atom stereocenters. The summed E-state index contributed by atoms with van der Waals surface area (Å²) in [6.07, 6.45) is 0.923. The molecule has 1 aromatic heterocycles. The number of aryl methyl sites for hydroxylation is 1. The molecule has 0 aliphatic carbocycles. The summed E-state index contributed by atoms with van der Waals surface area (Å²) < 4.78 is 0. The van der Waals surface area contributed by atoms with Crippen LogP contribution in [0.15, 0.2) is 72.0 Å². The molecule has 1 N–H and O–H groups in total. The molecule has 35 heavy (non-hydrogen) atoms. The number of hydrogen-bond acceptors (Lipinski definition) is 5. The van der Waals surface area contributed by atoms with Crippen molar-refractivity contribution in [1.29, 1.82) is 0 Å². The first-order valence-corrected chi connectivity index (χ1v) is 12.0. The van der Waals surface area contributed by atoms with Gasteiger partial charge >= 0.3 is 0 Å². The molecule has 2 aromatic carbocycles. The first-order chi connectivity index (χ1) is 16.7. The van der Waals surface area contributed by atoms with Crippen LogP contribution in [-0.2, 0) is 11.2 Å². The molecule has 2 heterocycles. The van der Waals surface area contributed by atoms with Gasteiger partial charge in [-0.25, -0.2) is 0 Å². The van der Waals surface area contributed by atoms with Crippen LogP contribution in [0.4, 0.5) is 5.82 Å². The van der Waals surface area contributed by atoms with E-state index in [1.807, 2.05) is 36.4 Å². The molecular weight excluding hydrogens is 438 g/mol. The zero-order valence-corrected chi connectivity index (χ0v) is 20.8. The van der Waals surface area contributed by atoms with Crippen molar-refractivity contribution in [1.82, 2.24) is 10.2 Å². The van der Waals surface area contributed by atoms with E-state index < -0.39 is 17.7 Å². The number of aliphatic hydroxyl groups is 1. The van der Waals surface area contributed by atoms with Crippen LogP contribution in [0.1, 0.15) is 72.4 Å². The average molecular weight is 470 g/mol. The van der Waals surface area contributed by atoms with Crippen LogP contribution in [0, 0.1) is 12.8 Å². The highest BCUT2D eigenvalue weighted by Crippen LogP contribution is 2.41. The molecule has 6 nitrogen and oxygen atoms in total. The number of ketones is 1. The number of benzene rings is 2. The molecule has 0 radical (unpaired) electrons. The van der Waals surface area contributed by atoms with Crippen molar-refractivity contribution in [2.45, 2.75) is 53.0 Å². The molecule has 1 amide bonds. The Hall–Kier alpha value is -3.80. The Labute approximate surface area is 206 Å². The number of aliphatic hydroxyl groups excluding tert-OH is 1. The third-order valence-electron chi connectivity index (χ3n) is 6.26. The number of carbonyl (C=O) groups excluding carboxylic acids is 2. The number of hydrogen-bond donors (Lipinski definition) is 1. The van der Waals surface area contributed by atoms with E-state index in [9.17, 15) is 14.7 Å². The van der Waals surface area contributed by atoms with E-state index in [0.717, 1.165) is 17.5 Å². The summed E-state index contributed by atoms with van der Waals surface area (Å²) in [5.74, 6) is -0.495. The maximum absolute atomic E-state index is 13.7. The Bertz CT molecular complexity index is 1260. The molecule has 1 aliphatic heterocycles. The van der Waals surface area contributed by atoms with Crippen LogP contribution < -0.4 is 4.90 Å². The Morgan fingerprint density at radius 2 is 1.60 bits per heavy atom. The standard InChI is InChI=1S/C29H31N3O3/c1-17(2)16-20-7-9-22(10-8-20)26-25(27(33)23-13-11-21(12-14-23)18(3)4)28(34)29(35)32(26)24-15-6-19(5)30-31-24/h6-15,17-18,26,34H,16H2,1-5H3. The summed E-state index contributed by atoms with van der Waals surface area (Å²) in [4.78, 5) is 28.3. The smallest absolute Gasteiger partial charge is 0.295 e. The number of Topliss-reactive ketones (excluding diaryl/α,β-unsaturated/α-hetero) is 1. The molecular formula is C29H31N3O3. The molecule has 0 saturated carbocycles. The van der Waals surface area contributed by atoms with Gasteiger partial charge in [-0.15, -0.1) is 5.10 Å². The van der Waals surface area contributed by atoms with Crippen molar-refractivity contribution in [2.75, 3.05) is 4.90 Å². The van der Waals surface area contributed by atoms with Gasteiger partial charge in [0.1, 0.15) is 0 Å². The Morgan fingerprint density at radius 1 is 0.943 bits per heavy atom. The Balaban J connectivity index is 1.80. The second-order valence-electron chi connectivity index (χ2n) is 9.82. The zero-order chi connectivity index (χ0) is 25.3. The lowest BCUT2D eigenvalue weighted by Crippen LogP contribution is -2.32. The van der Waals surface area contributed by atoms with E-state index in [1.54, 1.807) is 31.2 Å². The van der Waals surface area contributed by atoms with Crippen LogP contribution in [0.5, 0.6) is 0 Å². The molecule has 0 spiro atoms. The largest absolute Gasteiger partial charge is 0.503 e. The zero-order valence-electron chi connectivity index (χ0n) is 20.8. The highest BCUT2D eigenvalue weighted by Gasteiger charge is 2.45. The SMILES string of the molecule is Cc1ccc(N2C(=O)C(O)=C(C(=O)c3ccc(C(C)C)cc3)C2c2ccc(CC(C)C)cc2)nn1. The van der Waals surface area contributed by atoms with Gasteiger partial charge in [0, 0.05) is 5.56 Å². The van der Waals surface area contributed by atoms with Gasteiger partial charge in [0.05, 0.1) is 17.3 Å². The lowest BCUT2D eigenvalue weighted by molar-refractivity contribution is -0.117. The molecule has 1 aliphatic rings. The number of nitrogens with zero attached hydrogens (tertiary/aromatic N) is 3. The van der Waals surface area contributed by atoms with E-state index >= 15 is 0 Å². The van der Waals surface area contributed by atoms with Gasteiger partial charge in [0.2, 0.25) is 0 Å². The van der Waals surface area contributed by atoms with Crippen LogP contribution in [0.3, 0.4) is 0 Å². The quantitative estimate of drug-likeness (QED) is 0.436. The second kappa shape index (κ2) is 9.82. The third-order valence-corrected chi connectivity index (χ3v) is 6.26. The van der Waals surface area contributed by atoms with E-state index in [2.05, 4.69) is 37.9 Å². The van der Waals surface area contributed by atoms with Crippen molar-refractivity contribution in [3.63, 3.8) is 0 Å². The lowest BCUT2D eigenvalue weighted by atomic mass is 9.90. The number of rotatable bonds is 7. The van der Waals surface area contributed by atoms with Crippen LogP contribution >= 0.6 is 0 Å². The lowest BCUT2D eigenvalue weighted by Gasteiger charge is -2.26. The van der Waals surface area contributed by atoms with Gasteiger partial charge < -0.3 is 5.11 Å². The summed E-state index contributed by atoms with van der Waals surface area (Å²) in [6, 6.07) is 17.8. The summed E-state index contributed by atoms with van der Waals surface area (Å²) in [7, 11) is 0. The minimum atomic E-state index is -0.815. The molecule has 0 bridgehead atoms. The second-order valence-corrected chi connectivity index (χ2v) is 9.82. The highest BCUT2D eigenvalue weighted by atomic mass is 16.3. The molecule has 0 fully saturated rings. The van der Waals surface area contributed by atoms with Gasteiger partial charge in [-0.3, -0.25) is 14.5 Å². The van der Waals surface area contributed by atoms with Crippen molar-refractivity contribution >= 4 is 17.5 Å². The van der Waals surface area contributed by atoms with Gasteiger partial charge in [0.15, 0.2) is 17.4 Å². The highest BCUT2D eigenvalue weighted by molar-refractivity contribution is 6.20. The summed E-state index contributed by atoms with van der Waals surface area (Å²) >= 11 is 0. The van der Waals surface area contributed by atoms with Gasteiger partial charge in [0.25, 0.3) is 5.91 Å². The number of amides is 1. The maximum atomic E-state index is 13.7. The van der Waals surface area contributed by atoms with E-state index in [1.165, 1.54) is 10.5 Å². The molecule has 1 atom stereocenters. The number of aromatic nitrogens is 2. The van der Waals surface area contributed by atoms with Crippen LogP contribution in [0.2, 0.25) is 0 Å². The molecule has 0 saturated heterocycles. The Morgan fingerprint density at radius 3 is 2.14 bits per heavy atom. The third kappa shape index (κ3) is 4.87. The minimum absolute atomic E-state index is 0.0475. The van der Waals surface area contributed by atoms with Crippen molar-refractivity contribution < 1.29 is 14.7 Å². The van der Waals surface area contributed by atoms with Crippen molar-refractivity contribution in [3.8, 4) is 0 Å². The fourth-order valence-corrected chi connectivity index (χ4v) is 4.39. The molecule has 4 rings (SSSR count). The minimum Gasteiger partial charge on any atom is -0.503 e. The normalized spacial score (nSPS) is 16.0. The Kier molecular flexibility index (Phi) is 6.83. The average Bonchev–Trinajstić information content (AvgIpc) is 3.10.